The minimum atomic E-state index is -0.236. The van der Waals surface area contributed by atoms with Gasteiger partial charge in [-0.1, -0.05) is 6.07 Å². The smallest absolute Gasteiger partial charge is 0.123 e. The van der Waals surface area contributed by atoms with E-state index >= 15 is 0 Å². The number of hydrazine groups is 1. The van der Waals surface area contributed by atoms with E-state index in [9.17, 15) is 4.39 Å². The van der Waals surface area contributed by atoms with Crippen LogP contribution in [0.5, 0.6) is 0 Å². The Hall–Kier alpha value is -0.970. The molecule has 90 valence electrons. The van der Waals surface area contributed by atoms with E-state index in [1.807, 2.05) is 19.9 Å². The van der Waals surface area contributed by atoms with Crippen molar-refractivity contribution in [2.24, 2.45) is 5.84 Å². The normalized spacial score (nSPS) is 14.8. The molecule has 1 aromatic carbocycles. The highest BCUT2D eigenvalue weighted by atomic mass is 19.1. The van der Waals surface area contributed by atoms with E-state index in [2.05, 4.69) is 5.43 Å². The summed E-state index contributed by atoms with van der Waals surface area (Å²) in [7, 11) is 1.65. The van der Waals surface area contributed by atoms with E-state index in [4.69, 9.17) is 10.6 Å². The molecule has 16 heavy (non-hydrogen) atoms. The van der Waals surface area contributed by atoms with Crippen molar-refractivity contribution in [3.63, 3.8) is 0 Å². The second-order valence-corrected chi connectivity index (χ2v) is 4.06. The van der Waals surface area contributed by atoms with Gasteiger partial charge in [-0.25, -0.2) is 4.39 Å². The largest absolute Gasteiger partial charge is 0.382 e. The molecule has 0 saturated heterocycles. The molecule has 0 fully saturated rings. The summed E-state index contributed by atoms with van der Waals surface area (Å²) in [4.78, 5) is 0. The van der Waals surface area contributed by atoms with E-state index in [0.717, 1.165) is 11.1 Å². The Bertz CT molecular complexity index is 324. The number of aryl methyl sites for hydroxylation is 1. The minimum absolute atomic E-state index is 0.0737. The molecule has 0 aliphatic rings. The lowest BCUT2D eigenvalue weighted by Gasteiger charge is -2.20. The van der Waals surface area contributed by atoms with Crippen LogP contribution >= 0.6 is 0 Å². The maximum Gasteiger partial charge on any atom is 0.123 e. The second-order valence-electron chi connectivity index (χ2n) is 4.06. The van der Waals surface area contributed by atoms with Crippen LogP contribution < -0.4 is 11.3 Å². The second kappa shape index (κ2) is 5.94. The number of ether oxygens (including phenoxy) is 1. The molecule has 2 atom stereocenters. The first-order chi connectivity index (χ1) is 7.56. The van der Waals surface area contributed by atoms with Crippen LogP contribution in [0.25, 0.3) is 0 Å². The molecule has 3 nitrogen and oxygen atoms in total. The van der Waals surface area contributed by atoms with Crippen molar-refractivity contribution in [1.82, 2.24) is 5.43 Å². The molecular formula is C12H19FN2O. The van der Waals surface area contributed by atoms with Crippen LogP contribution in [0.3, 0.4) is 0 Å². The van der Waals surface area contributed by atoms with Crippen LogP contribution in [0, 0.1) is 12.7 Å². The Morgan fingerprint density at radius 2 is 2.12 bits per heavy atom. The number of rotatable bonds is 5. The Labute approximate surface area is 95.8 Å². The van der Waals surface area contributed by atoms with Crippen molar-refractivity contribution in [3.8, 4) is 0 Å². The first-order valence-electron chi connectivity index (χ1n) is 5.32. The van der Waals surface area contributed by atoms with Gasteiger partial charge in [0.1, 0.15) is 5.82 Å². The predicted octanol–water partition coefficient (Wildman–Crippen LogP) is 2.06. The van der Waals surface area contributed by atoms with Crippen LogP contribution in [-0.2, 0) is 4.74 Å². The fraction of sp³-hybridized carbons (Fsp3) is 0.500. The zero-order valence-corrected chi connectivity index (χ0v) is 9.96. The summed E-state index contributed by atoms with van der Waals surface area (Å²) in [6, 6.07) is 4.83. The van der Waals surface area contributed by atoms with E-state index in [0.29, 0.717) is 6.42 Å². The Balaban J connectivity index is 2.86. The molecule has 3 N–H and O–H groups in total. The lowest BCUT2D eigenvalue weighted by atomic mass is 10.00. The van der Waals surface area contributed by atoms with Crippen molar-refractivity contribution in [2.45, 2.75) is 32.4 Å². The van der Waals surface area contributed by atoms with Crippen LogP contribution in [-0.4, -0.2) is 13.2 Å². The predicted molar refractivity (Wildman–Crippen MR) is 62.3 cm³/mol. The number of benzene rings is 1. The van der Waals surface area contributed by atoms with Crippen LogP contribution in [0.15, 0.2) is 18.2 Å². The van der Waals surface area contributed by atoms with Crippen molar-refractivity contribution in [3.05, 3.63) is 35.1 Å². The van der Waals surface area contributed by atoms with Crippen LogP contribution in [0.2, 0.25) is 0 Å². The topological polar surface area (TPSA) is 47.3 Å². The highest BCUT2D eigenvalue weighted by Crippen LogP contribution is 2.21. The quantitative estimate of drug-likeness (QED) is 0.597. The maximum atomic E-state index is 13.2. The average Bonchev–Trinajstić information content (AvgIpc) is 2.24. The van der Waals surface area contributed by atoms with Gasteiger partial charge in [0.15, 0.2) is 0 Å². The summed E-state index contributed by atoms with van der Waals surface area (Å²) < 4.78 is 18.4. The van der Waals surface area contributed by atoms with Gasteiger partial charge in [0.2, 0.25) is 0 Å². The number of methoxy groups -OCH3 is 1. The summed E-state index contributed by atoms with van der Waals surface area (Å²) in [5.74, 6) is 5.24. The molecule has 0 amide bonds. The molecule has 0 saturated carbocycles. The van der Waals surface area contributed by atoms with Gasteiger partial charge in [0.05, 0.1) is 6.10 Å². The number of nitrogens with one attached hydrogen (secondary N) is 1. The molecule has 0 radical (unpaired) electrons. The van der Waals surface area contributed by atoms with E-state index in [-0.39, 0.29) is 18.0 Å². The van der Waals surface area contributed by atoms with Crippen LogP contribution in [0.1, 0.15) is 30.5 Å². The van der Waals surface area contributed by atoms with E-state index in [1.54, 1.807) is 7.11 Å². The lowest BCUT2D eigenvalue weighted by Crippen LogP contribution is -2.30. The van der Waals surface area contributed by atoms with Gasteiger partial charge in [-0.3, -0.25) is 11.3 Å². The monoisotopic (exact) mass is 226 g/mol. The van der Waals surface area contributed by atoms with E-state index in [1.165, 1.54) is 12.1 Å². The highest BCUT2D eigenvalue weighted by molar-refractivity contribution is 5.26. The summed E-state index contributed by atoms with van der Waals surface area (Å²) in [6.45, 7) is 3.82. The molecule has 0 heterocycles. The van der Waals surface area contributed by atoms with Crippen molar-refractivity contribution in [2.75, 3.05) is 7.11 Å². The number of hydrogen-bond acceptors (Lipinski definition) is 3. The molecule has 2 unspecified atom stereocenters. The summed E-state index contributed by atoms with van der Waals surface area (Å²) >= 11 is 0. The molecule has 0 aliphatic carbocycles. The van der Waals surface area contributed by atoms with Gasteiger partial charge in [-0.05, 0) is 43.5 Å². The summed E-state index contributed by atoms with van der Waals surface area (Å²) in [5, 5.41) is 0. The Kier molecular flexibility index (Phi) is 4.86. The first kappa shape index (κ1) is 13.1. The van der Waals surface area contributed by atoms with Crippen LogP contribution in [0.4, 0.5) is 4.39 Å². The molecule has 4 heteroatoms. The highest BCUT2D eigenvalue weighted by Gasteiger charge is 2.14. The van der Waals surface area contributed by atoms with E-state index < -0.39 is 0 Å². The standard InChI is InChI=1S/C12H19FN2O/c1-8-4-10(7-11(13)5-8)12(15-14)6-9(2)16-3/h4-5,7,9,12,15H,6,14H2,1-3H3. The van der Waals surface area contributed by atoms with Gasteiger partial charge in [-0.15, -0.1) is 0 Å². The summed E-state index contributed by atoms with van der Waals surface area (Å²) in [5.41, 5.74) is 4.43. The Morgan fingerprint density at radius 3 is 2.62 bits per heavy atom. The molecule has 0 aliphatic heterocycles. The summed E-state index contributed by atoms with van der Waals surface area (Å²) in [6.07, 6.45) is 0.778. The zero-order chi connectivity index (χ0) is 12.1. The molecule has 1 aromatic rings. The SMILES string of the molecule is COC(C)CC(NN)c1cc(C)cc(F)c1. The average molecular weight is 226 g/mol. The first-order valence-corrected chi connectivity index (χ1v) is 5.32. The minimum Gasteiger partial charge on any atom is -0.382 e. The fourth-order valence-electron chi connectivity index (χ4n) is 1.69. The van der Waals surface area contributed by atoms with Gasteiger partial charge in [0.25, 0.3) is 0 Å². The number of nitrogens with two attached hydrogens (primary N) is 1. The fourth-order valence-corrected chi connectivity index (χ4v) is 1.69. The van der Waals surface area contributed by atoms with Gasteiger partial charge >= 0.3 is 0 Å². The molecular weight excluding hydrogens is 207 g/mol. The van der Waals surface area contributed by atoms with Crippen molar-refractivity contribution < 1.29 is 9.13 Å². The zero-order valence-electron chi connectivity index (χ0n) is 9.96. The third-order valence-corrected chi connectivity index (χ3v) is 2.64. The van der Waals surface area contributed by atoms with Gasteiger partial charge in [-0.2, -0.15) is 0 Å². The molecule has 1 rings (SSSR count). The number of hydrogen-bond donors (Lipinski definition) is 2. The number of halogens is 1. The van der Waals surface area contributed by atoms with Crippen molar-refractivity contribution in [1.29, 1.82) is 0 Å². The Morgan fingerprint density at radius 1 is 1.44 bits per heavy atom. The van der Waals surface area contributed by atoms with Crippen molar-refractivity contribution >= 4 is 0 Å². The molecule has 0 spiro atoms. The lowest BCUT2D eigenvalue weighted by molar-refractivity contribution is 0.100. The molecule has 0 bridgehead atoms. The third kappa shape index (κ3) is 3.56. The third-order valence-electron chi connectivity index (χ3n) is 2.64. The van der Waals surface area contributed by atoms with Gasteiger partial charge < -0.3 is 4.74 Å². The maximum absolute atomic E-state index is 13.2. The van der Waals surface area contributed by atoms with Gasteiger partial charge in [0, 0.05) is 13.2 Å². The molecule has 0 aromatic heterocycles.